The van der Waals surface area contributed by atoms with Crippen LogP contribution in [-0.4, -0.2) is 15.7 Å². The standard InChI is InChI=1S/C10H8ClFN4O/c11-5-1-2-8(7(12)3-5)16-9(13)6(4-15-16)10(14)17/h1-4H,13H2,(H2,14,17). The Balaban J connectivity index is 2.57. The first-order chi connectivity index (χ1) is 8.00. The zero-order chi connectivity index (χ0) is 12.6. The molecule has 0 spiro atoms. The second kappa shape index (κ2) is 4.06. The number of nitrogens with two attached hydrogens (primary N) is 2. The summed E-state index contributed by atoms with van der Waals surface area (Å²) in [5.74, 6) is -1.33. The zero-order valence-corrected chi connectivity index (χ0v) is 9.28. The van der Waals surface area contributed by atoms with Crippen molar-refractivity contribution in [3.8, 4) is 5.69 Å². The fourth-order valence-electron chi connectivity index (χ4n) is 1.39. The van der Waals surface area contributed by atoms with Crippen molar-refractivity contribution in [2.45, 2.75) is 0 Å². The molecular weight excluding hydrogens is 247 g/mol. The quantitative estimate of drug-likeness (QED) is 0.848. The molecule has 1 amide bonds. The number of carbonyl (C=O) groups excluding carboxylic acids is 1. The summed E-state index contributed by atoms with van der Waals surface area (Å²) in [6.45, 7) is 0. The van der Waals surface area contributed by atoms with Gasteiger partial charge in [0.25, 0.3) is 5.91 Å². The average Bonchev–Trinajstić information content (AvgIpc) is 2.60. The van der Waals surface area contributed by atoms with Crippen LogP contribution in [-0.2, 0) is 0 Å². The largest absolute Gasteiger partial charge is 0.383 e. The molecule has 2 rings (SSSR count). The molecular formula is C10H8ClFN4O. The molecule has 17 heavy (non-hydrogen) atoms. The predicted octanol–water partition coefficient (Wildman–Crippen LogP) is 1.35. The number of carbonyl (C=O) groups is 1. The summed E-state index contributed by atoms with van der Waals surface area (Å²) in [6.07, 6.45) is 1.19. The minimum absolute atomic E-state index is 0.0151. The maximum Gasteiger partial charge on any atom is 0.254 e. The van der Waals surface area contributed by atoms with E-state index < -0.39 is 11.7 Å². The van der Waals surface area contributed by atoms with E-state index in [-0.39, 0.29) is 22.1 Å². The second-order valence-corrected chi connectivity index (χ2v) is 3.75. The molecule has 0 aliphatic heterocycles. The van der Waals surface area contributed by atoms with E-state index in [1.54, 1.807) is 0 Å². The van der Waals surface area contributed by atoms with Gasteiger partial charge >= 0.3 is 0 Å². The first kappa shape index (κ1) is 11.4. The van der Waals surface area contributed by atoms with E-state index in [1.165, 1.54) is 18.3 Å². The van der Waals surface area contributed by atoms with Gasteiger partial charge in [0.15, 0.2) is 0 Å². The van der Waals surface area contributed by atoms with Crippen LogP contribution in [0.4, 0.5) is 10.2 Å². The fourth-order valence-corrected chi connectivity index (χ4v) is 1.55. The molecule has 0 saturated heterocycles. The van der Waals surface area contributed by atoms with Gasteiger partial charge in [0.1, 0.15) is 22.9 Å². The van der Waals surface area contributed by atoms with Crippen molar-refractivity contribution in [1.82, 2.24) is 9.78 Å². The van der Waals surface area contributed by atoms with E-state index in [2.05, 4.69) is 5.10 Å². The average molecular weight is 255 g/mol. The van der Waals surface area contributed by atoms with Crippen LogP contribution in [0, 0.1) is 5.82 Å². The maximum atomic E-state index is 13.6. The molecule has 7 heteroatoms. The molecule has 0 fully saturated rings. The van der Waals surface area contributed by atoms with E-state index in [4.69, 9.17) is 23.1 Å². The number of nitrogens with zero attached hydrogens (tertiary/aromatic N) is 2. The van der Waals surface area contributed by atoms with Crippen LogP contribution in [0.25, 0.3) is 5.69 Å². The Hall–Kier alpha value is -2.08. The molecule has 1 aromatic carbocycles. The normalized spacial score (nSPS) is 10.5. The van der Waals surface area contributed by atoms with Gasteiger partial charge < -0.3 is 11.5 Å². The molecule has 4 N–H and O–H groups in total. The number of hydrogen-bond acceptors (Lipinski definition) is 3. The lowest BCUT2D eigenvalue weighted by Gasteiger charge is -2.05. The van der Waals surface area contributed by atoms with Crippen LogP contribution in [0.3, 0.4) is 0 Å². The van der Waals surface area contributed by atoms with Crippen LogP contribution < -0.4 is 11.5 Å². The van der Waals surface area contributed by atoms with Crippen LogP contribution in [0.15, 0.2) is 24.4 Å². The predicted molar refractivity (Wildman–Crippen MR) is 61.5 cm³/mol. The van der Waals surface area contributed by atoms with E-state index in [9.17, 15) is 9.18 Å². The molecule has 0 unspecified atom stereocenters. The molecule has 5 nitrogen and oxygen atoms in total. The lowest BCUT2D eigenvalue weighted by atomic mass is 10.3. The molecule has 1 heterocycles. The van der Waals surface area contributed by atoms with E-state index in [0.717, 1.165) is 10.7 Å². The lowest BCUT2D eigenvalue weighted by molar-refractivity contribution is 0.100. The number of nitrogen functional groups attached to an aromatic ring is 1. The topological polar surface area (TPSA) is 86.9 Å². The van der Waals surface area contributed by atoms with Crippen molar-refractivity contribution in [3.05, 3.63) is 40.8 Å². The Morgan fingerprint density at radius 2 is 2.18 bits per heavy atom. The van der Waals surface area contributed by atoms with Crippen molar-refractivity contribution in [1.29, 1.82) is 0 Å². The first-order valence-electron chi connectivity index (χ1n) is 4.59. The smallest absolute Gasteiger partial charge is 0.254 e. The molecule has 0 bridgehead atoms. The van der Waals surface area contributed by atoms with Gasteiger partial charge in [-0.05, 0) is 18.2 Å². The van der Waals surface area contributed by atoms with E-state index in [1.807, 2.05) is 0 Å². The molecule has 0 atom stereocenters. The van der Waals surface area contributed by atoms with Gasteiger partial charge in [0.2, 0.25) is 0 Å². The Kier molecular flexibility index (Phi) is 2.72. The summed E-state index contributed by atoms with van der Waals surface area (Å²) < 4.78 is 14.7. The molecule has 0 aliphatic rings. The summed E-state index contributed by atoms with van der Waals surface area (Å²) in [4.78, 5) is 11.0. The molecule has 2 aromatic rings. The Morgan fingerprint density at radius 1 is 1.47 bits per heavy atom. The summed E-state index contributed by atoms with van der Waals surface area (Å²) >= 11 is 5.62. The van der Waals surface area contributed by atoms with Crippen LogP contribution in [0.1, 0.15) is 10.4 Å². The maximum absolute atomic E-state index is 13.6. The highest BCUT2D eigenvalue weighted by molar-refractivity contribution is 6.30. The minimum atomic E-state index is -0.719. The lowest BCUT2D eigenvalue weighted by Crippen LogP contribution is -2.13. The third kappa shape index (κ3) is 1.94. The van der Waals surface area contributed by atoms with E-state index in [0.29, 0.717) is 0 Å². The number of amides is 1. The number of halogens is 2. The van der Waals surface area contributed by atoms with Gasteiger partial charge in [-0.2, -0.15) is 5.10 Å². The number of rotatable bonds is 2. The highest BCUT2D eigenvalue weighted by Gasteiger charge is 2.15. The van der Waals surface area contributed by atoms with Crippen molar-refractivity contribution in [2.75, 3.05) is 5.73 Å². The second-order valence-electron chi connectivity index (χ2n) is 3.32. The van der Waals surface area contributed by atoms with Crippen LogP contribution in [0.2, 0.25) is 5.02 Å². The third-order valence-corrected chi connectivity index (χ3v) is 2.44. The first-order valence-corrected chi connectivity index (χ1v) is 4.97. The fraction of sp³-hybridized carbons (Fsp3) is 0. The van der Waals surface area contributed by atoms with Gasteiger partial charge in [0, 0.05) is 5.02 Å². The third-order valence-electron chi connectivity index (χ3n) is 2.21. The van der Waals surface area contributed by atoms with Gasteiger partial charge in [-0.15, -0.1) is 0 Å². The van der Waals surface area contributed by atoms with Gasteiger partial charge in [-0.3, -0.25) is 4.79 Å². The number of aromatic nitrogens is 2. The van der Waals surface area contributed by atoms with Crippen molar-refractivity contribution in [3.63, 3.8) is 0 Å². The summed E-state index contributed by atoms with van der Waals surface area (Å²) in [5.41, 5.74) is 10.9. The molecule has 0 aliphatic carbocycles. The highest BCUT2D eigenvalue weighted by atomic mass is 35.5. The van der Waals surface area contributed by atoms with Crippen molar-refractivity contribution < 1.29 is 9.18 Å². The van der Waals surface area contributed by atoms with Gasteiger partial charge in [-0.1, -0.05) is 11.6 Å². The van der Waals surface area contributed by atoms with Gasteiger partial charge in [-0.25, -0.2) is 9.07 Å². The van der Waals surface area contributed by atoms with Crippen molar-refractivity contribution >= 4 is 23.3 Å². The van der Waals surface area contributed by atoms with Crippen LogP contribution in [0.5, 0.6) is 0 Å². The monoisotopic (exact) mass is 254 g/mol. The summed E-state index contributed by atoms with van der Waals surface area (Å²) in [6, 6.07) is 4.03. The zero-order valence-electron chi connectivity index (χ0n) is 8.52. The van der Waals surface area contributed by atoms with Crippen LogP contribution >= 0.6 is 11.6 Å². The molecule has 0 saturated carbocycles. The summed E-state index contributed by atoms with van der Waals surface area (Å²) in [7, 11) is 0. The summed E-state index contributed by atoms with van der Waals surface area (Å²) in [5, 5.41) is 4.06. The van der Waals surface area contributed by atoms with E-state index >= 15 is 0 Å². The van der Waals surface area contributed by atoms with Crippen molar-refractivity contribution in [2.24, 2.45) is 5.73 Å². The van der Waals surface area contributed by atoms with Gasteiger partial charge in [0.05, 0.1) is 6.20 Å². The Morgan fingerprint density at radius 3 is 2.71 bits per heavy atom. The Labute approximate surface area is 101 Å². The highest BCUT2D eigenvalue weighted by Crippen LogP contribution is 2.21. The number of benzene rings is 1. The molecule has 0 radical (unpaired) electrons. The minimum Gasteiger partial charge on any atom is -0.383 e. The molecule has 1 aromatic heterocycles. The number of anilines is 1. The SMILES string of the molecule is NC(=O)c1cnn(-c2ccc(Cl)cc2F)c1N. The Bertz CT molecular complexity index is 596. The number of hydrogen-bond donors (Lipinski definition) is 2. The number of primary amides is 1. The molecule has 88 valence electrons.